The van der Waals surface area contributed by atoms with Gasteiger partial charge in [0.05, 0.1) is 17.5 Å². The Hall–Kier alpha value is -2.11. The molecule has 0 saturated carbocycles. The van der Waals surface area contributed by atoms with Crippen molar-refractivity contribution in [1.29, 1.82) is 0 Å². The van der Waals surface area contributed by atoms with Crippen LogP contribution in [0.25, 0.3) is 0 Å². The third kappa shape index (κ3) is 2.97. The molecule has 1 rings (SSSR count). The average Bonchev–Trinajstić information content (AvgIpc) is 2.28. The predicted octanol–water partition coefficient (Wildman–Crippen LogP) is 1.29. The smallest absolute Gasteiger partial charge is 0.416 e. The van der Waals surface area contributed by atoms with Gasteiger partial charge in [0.1, 0.15) is 0 Å². The number of rotatable bonds is 4. The number of carboxylic acids is 1. The molecule has 0 radical (unpaired) electrons. The normalized spacial score (nSPS) is 12.8. The first kappa shape index (κ1) is 14.0. The third-order valence-electron chi connectivity index (χ3n) is 2.29. The fraction of sp³-hybridized carbons (Fsp3) is 0.167. The number of allylic oxidation sites excluding steroid dienone is 1. The van der Waals surface area contributed by atoms with Crippen LogP contribution in [0.3, 0.4) is 0 Å². The van der Waals surface area contributed by atoms with E-state index in [4.69, 9.17) is 0 Å². The minimum atomic E-state index is -4.52. The van der Waals surface area contributed by atoms with E-state index in [1.165, 1.54) is 0 Å². The molecular weight excluding hydrogens is 249 g/mol. The maximum atomic E-state index is 12.3. The molecule has 3 nitrogen and oxygen atoms in total. The van der Waals surface area contributed by atoms with Crippen LogP contribution in [-0.4, -0.2) is 11.8 Å². The minimum Gasteiger partial charge on any atom is -0.549 e. The molecule has 0 aliphatic heterocycles. The summed E-state index contributed by atoms with van der Waals surface area (Å²) < 4.78 is 36.9. The van der Waals surface area contributed by atoms with Gasteiger partial charge in [-0.3, -0.25) is 4.79 Å². The van der Waals surface area contributed by atoms with Gasteiger partial charge in [0.15, 0.2) is 5.78 Å². The van der Waals surface area contributed by atoms with Crippen molar-refractivity contribution in [2.45, 2.75) is 12.1 Å². The van der Waals surface area contributed by atoms with Gasteiger partial charge in [-0.05, 0) is 23.8 Å². The number of alkyl halides is 3. The van der Waals surface area contributed by atoms with Crippen LogP contribution < -0.4 is 5.11 Å². The SMILES string of the molecule is C=CC(=O)C(C(=O)[O-])c1ccc(C(F)(F)F)cc1. The molecule has 0 aliphatic carbocycles. The highest BCUT2D eigenvalue weighted by atomic mass is 19.4. The van der Waals surface area contributed by atoms with Crippen LogP contribution in [0.1, 0.15) is 17.0 Å². The Morgan fingerprint density at radius 2 is 1.72 bits per heavy atom. The van der Waals surface area contributed by atoms with Gasteiger partial charge < -0.3 is 9.90 Å². The number of ketones is 1. The Bertz CT molecular complexity index is 474. The van der Waals surface area contributed by atoms with Crippen molar-refractivity contribution in [2.75, 3.05) is 0 Å². The van der Waals surface area contributed by atoms with Gasteiger partial charge in [0.25, 0.3) is 0 Å². The lowest BCUT2D eigenvalue weighted by molar-refractivity contribution is -0.306. The second kappa shape index (κ2) is 5.03. The molecule has 0 aliphatic rings. The first-order chi connectivity index (χ1) is 8.27. The molecule has 0 N–H and O–H groups in total. The van der Waals surface area contributed by atoms with Gasteiger partial charge >= 0.3 is 6.18 Å². The summed E-state index contributed by atoms with van der Waals surface area (Å²) in [5.74, 6) is -4.15. The molecular formula is C12H8F3O3-. The van der Waals surface area contributed by atoms with Crippen LogP contribution in [0.15, 0.2) is 36.9 Å². The van der Waals surface area contributed by atoms with E-state index in [1.54, 1.807) is 0 Å². The van der Waals surface area contributed by atoms with E-state index in [9.17, 15) is 27.9 Å². The van der Waals surface area contributed by atoms with Gasteiger partial charge in [0, 0.05) is 0 Å². The first-order valence-electron chi connectivity index (χ1n) is 4.81. The predicted molar refractivity (Wildman–Crippen MR) is 54.4 cm³/mol. The summed E-state index contributed by atoms with van der Waals surface area (Å²) in [6.45, 7) is 3.13. The molecule has 1 aromatic rings. The molecule has 0 heterocycles. The molecule has 1 atom stereocenters. The summed E-state index contributed by atoms with van der Waals surface area (Å²) in [5.41, 5.74) is -0.998. The molecule has 0 bridgehead atoms. The van der Waals surface area contributed by atoms with E-state index >= 15 is 0 Å². The van der Waals surface area contributed by atoms with E-state index in [0.29, 0.717) is 12.1 Å². The highest BCUT2D eigenvalue weighted by molar-refractivity contribution is 6.08. The quantitative estimate of drug-likeness (QED) is 0.603. The van der Waals surface area contributed by atoms with Crippen molar-refractivity contribution in [2.24, 2.45) is 0 Å². The van der Waals surface area contributed by atoms with Crippen LogP contribution in [0.2, 0.25) is 0 Å². The summed E-state index contributed by atoms with van der Waals surface area (Å²) in [4.78, 5) is 22.1. The lowest BCUT2D eigenvalue weighted by Crippen LogP contribution is -2.33. The lowest BCUT2D eigenvalue weighted by Gasteiger charge is -2.16. The summed E-state index contributed by atoms with van der Waals surface area (Å²) in [6.07, 6.45) is -3.73. The zero-order valence-electron chi connectivity index (χ0n) is 9.03. The first-order valence-corrected chi connectivity index (χ1v) is 4.81. The minimum absolute atomic E-state index is 0.0760. The van der Waals surface area contributed by atoms with E-state index < -0.39 is 29.4 Å². The van der Waals surface area contributed by atoms with Gasteiger partial charge in [-0.2, -0.15) is 13.2 Å². The molecule has 0 spiro atoms. The zero-order chi connectivity index (χ0) is 13.9. The van der Waals surface area contributed by atoms with Crippen LogP contribution in [0.5, 0.6) is 0 Å². The molecule has 1 aromatic carbocycles. The summed E-state index contributed by atoms with van der Waals surface area (Å²) >= 11 is 0. The van der Waals surface area contributed by atoms with Crippen molar-refractivity contribution in [3.05, 3.63) is 48.0 Å². The second-order valence-electron chi connectivity index (χ2n) is 3.48. The van der Waals surface area contributed by atoms with Crippen molar-refractivity contribution >= 4 is 11.8 Å². The highest BCUT2D eigenvalue weighted by Crippen LogP contribution is 2.30. The number of halogens is 3. The number of aliphatic carboxylic acids is 1. The number of carbonyl (C=O) groups excluding carboxylic acids is 2. The fourth-order valence-corrected chi connectivity index (χ4v) is 1.40. The Morgan fingerprint density at radius 3 is 2.06 bits per heavy atom. The summed E-state index contributed by atoms with van der Waals surface area (Å²) in [5, 5.41) is 10.8. The lowest BCUT2D eigenvalue weighted by atomic mass is 9.94. The number of hydrogen-bond donors (Lipinski definition) is 0. The monoisotopic (exact) mass is 257 g/mol. The van der Waals surface area contributed by atoms with Gasteiger partial charge in [0.2, 0.25) is 0 Å². The highest BCUT2D eigenvalue weighted by Gasteiger charge is 2.30. The van der Waals surface area contributed by atoms with E-state index in [1.807, 2.05) is 0 Å². The number of carbonyl (C=O) groups is 2. The standard InChI is InChI=1S/C12H9F3O3/c1-2-9(16)10(11(17)18)7-3-5-8(6-4-7)12(13,14)15/h2-6,10H,1H2,(H,17,18)/p-1. The number of hydrogen-bond acceptors (Lipinski definition) is 3. The zero-order valence-corrected chi connectivity index (χ0v) is 9.03. The Kier molecular flexibility index (Phi) is 3.90. The molecule has 0 amide bonds. The fourth-order valence-electron chi connectivity index (χ4n) is 1.40. The largest absolute Gasteiger partial charge is 0.549 e. The maximum Gasteiger partial charge on any atom is 0.416 e. The topological polar surface area (TPSA) is 57.2 Å². The number of benzene rings is 1. The van der Waals surface area contributed by atoms with Gasteiger partial charge in [-0.1, -0.05) is 18.7 Å². The van der Waals surface area contributed by atoms with E-state index in [-0.39, 0.29) is 5.56 Å². The van der Waals surface area contributed by atoms with E-state index in [0.717, 1.165) is 18.2 Å². The molecule has 96 valence electrons. The van der Waals surface area contributed by atoms with Crippen LogP contribution >= 0.6 is 0 Å². The van der Waals surface area contributed by atoms with Crippen molar-refractivity contribution in [3.8, 4) is 0 Å². The summed E-state index contributed by atoms with van der Waals surface area (Å²) in [7, 11) is 0. The maximum absolute atomic E-state index is 12.3. The van der Waals surface area contributed by atoms with Crippen molar-refractivity contribution in [3.63, 3.8) is 0 Å². The summed E-state index contributed by atoms with van der Waals surface area (Å²) in [6, 6.07) is 3.29. The number of carboxylic acid groups (broad SMARTS) is 1. The Morgan fingerprint density at radius 1 is 1.22 bits per heavy atom. The molecule has 0 fully saturated rings. The van der Waals surface area contributed by atoms with E-state index in [2.05, 4.69) is 6.58 Å². The van der Waals surface area contributed by atoms with Crippen LogP contribution in [0.4, 0.5) is 13.2 Å². The molecule has 6 heteroatoms. The molecule has 18 heavy (non-hydrogen) atoms. The molecule has 1 unspecified atom stereocenters. The Balaban J connectivity index is 3.13. The third-order valence-corrected chi connectivity index (χ3v) is 2.29. The Labute approximate surface area is 101 Å². The van der Waals surface area contributed by atoms with Crippen molar-refractivity contribution in [1.82, 2.24) is 0 Å². The van der Waals surface area contributed by atoms with Crippen LogP contribution in [-0.2, 0) is 15.8 Å². The molecule has 0 saturated heterocycles. The van der Waals surface area contributed by atoms with Gasteiger partial charge in [-0.15, -0.1) is 0 Å². The van der Waals surface area contributed by atoms with Crippen LogP contribution in [0, 0.1) is 0 Å². The second-order valence-corrected chi connectivity index (χ2v) is 3.48. The van der Waals surface area contributed by atoms with Crippen molar-refractivity contribution < 1.29 is 27.9 Å². The molecule has 0 aromatic heterocycles. The van der Waals surface area contributed by atoms with Gasteiger partial charge in [-0.25, -0.2) is 0 Å². The average molecular weight is 257 g/mol.